The van der Waals surface area contributed by atoms with Crippen LogP contribution in [0.4, 0.5) is 0 Å². The van der Waals surface area contributed by atoms with Gasteiger partial charge in [0.15, 0.2) is 0 Å². The number of pyridine rings is 2. The van der Waals surface area contributed by atoms with Crippen LogP contribution in [0.2, 0.25) is 0 Å². The Kier molecular flexibility index (Phi) is 8.74. The number of hydrogen-bond acceptors (Lipinski definition) is 2. The van der Waals surface area contributed by atoms with Crippen LogP contribution >= 0.6 is 7.92 Å². The summed E-state index contributed by atoms with van der Waals surface area (Å²) in [4.78, 5) is 9.49. The lowest BCUT2D eigenvalue weighted by Gasteiger charge is -2.24. The normalized spacial score (nSPS) is 12.8. The van der Waals surface area contributed by atoms with Gasteiger partial charge in [-0.2, -0.15) is 0 Å². The molecule has 2 atom stereocenters. The predicted molar refractivity (Wildman–Crippen MR) is 162 cm³/mol. The maximum absolute atomic E-state index is 4.75. The number of rotatable bonds is 10. The second kappa shape index (κ2) is 12.8. The van der Waals surface area contributed by atoms with E-state index in [4.69, 9.17) is 9.97 Å². The summed E-state index contributed by atoms with van der Waals surface area (Å²) in [7, 11) is -0.694. The molecule has 3 aromatic carbocycles. The molecule has 0 radical (unpaired) electrons. The number of aromatic nitrogens is 2. The molecule has 0 aliphatic carbocycles. The van der Waals surface area contributed by atoms with Crippen LogP contribution in [0.3, 0.4) is 0 Å². The van der Waals surface area contributed by atoms with Crippen molar-refractivity contribution in [1.29, 1.82) is 0 Å². The molecule has 5 rings (SSSR count). The highest BCUT2D eigenvalue weighted by atomic mass is 31.1. The Balaban J connectivity index is 1.49. The molecule has 38 heavy (non-hydrogen) atoms. The van der Waals surface area contributed by atoms with E-state index in [-0.39, 0.29) is 0 Å². The summed E-state index contributed by atoms with van der Waals surface area (Å²) in [5.74, 6) is 0.856. The van der Waals surface area contributed by atoms with Crippen molar-refractivity contribution in [3.05, 3.63) is 155 Å². The van der Waals surface area contributed by atoms with Gasteiger partial charge in [-0.15, -0.1) is 0 Å². The molecule has 2 aromatic heterocycles. The topological polar surface area (TPSA) is 25.8 Å². The lowest BCUT2D eigenvalue weighted by molar-refractivity contribution is 0.698. The van der Waals surface area contributed by atoms with Gasteiger partial charge >= 0.3 is 0 Å². The van der Waals surface area contributed by atoms with Crippen molar-refractivity contribution in [2.24, 2.45) is 0 Å². The van der Waals surface area contributed by atoms with Gasteiger partial charge in [-0.3, -0.25) is 9.97 Å². The third-order valence-electron chi connectivity index (χ3n) is 7.17. The van der Waals surface area contributed by atoms with E-state index in [9.17, 15) is 0 Å². The third-order valence-corrected chi connectivity index (χ3v) is 9.49. The molecule has 0 aliphatic rings. The van der Waals surface area contributed by atoms with Crippen molar-refractivity contribution < 1.29 is 0 Å². The molecule has 190 valence electrons. The Morgan fingerprint density at radius 2 is 1.03 bits per heavy atom. The first-order valence-corrected chi connectivity index (χ1v) is 15.0. The quantitative estimate of drug-likeness (QED) is 0.178. The van der Waals surface area contributed by atoms with E-state index in [1.165, 1.54) is 27.8 Å². The van der Waals surface area contributed by atoms with E-state index in [1.54, 1.807) is 0 Å². The Morgan fingerprint density at radius 3 is 1.53 bits per heavy atom. The fourth-order valence-electron chi connectivity index (χ4n) is 5.24. The van der Waals surface area contributed by atoms with Crippen molar-refractivity contribution in [2.45, 2.75) is 44.7 Å². The Hall–Kier alpha value is -3.61. The second-order valence-electron chi connectivity index (χ2n) is 10.1. The van der Waals surface area contributed by atoms with Crippen LogP contribution in [-0.2, 0) is 19.0 Å². The first kappa shape index (κ1) is 26.0. The average Bonchev–Trinajstić information content (AvgIpc) is 2.98. The molecular weight excluding hydrogens is 479 g/mol. The van der Waals surface area contributed by atoms with Gasteiger partial charge in [-0.25, -0.2) is 0 Å². The molecule has 0 saturated carbocycles. The minimum atomic E-state index is -0.694. The number of hydrogen-bond donors (Lipinski definition) is 0. The minimum absolute atomic E-state index is 0.418. The van der Waals surface area contributed by atoms with Gasteiger partial charge in [0.2, 0.25) is 0 Å². The summed E-state index contributed by atoms with van der Waals surface area (Å²) in [6.07, 6.45) is 6.80. The van der Waals surface area contributed by atoms with E-state index in [0.717, 1.165) is 29.9 Å². The Labute approximate surface area is 228 Å². The molecule has 0 bridgehead atoms. The Morgan fingerprint density at radius 1 is 0.526 bits per heavy atom. The summed E-state index contributed by atoms with van der Waals surface area (Å²) in [5.41, 5.74) is 9.31. The smallest absolute Gasteiger partial charge is 0.0695 e. The zero-order chi connectivity index (χ0) is 26.2. The SMILES string of the molecule is CC(Cc1ccccc1)c1ccc(CP(c2ccccn2)c2ccccn2)cc1C(C)Cc1ccccc1. The lowest BCUT2D eigenvalue weighted by Crippen LogP contribution is -2.18. The van der Waals surface area contributed by atoms with Crippen LogP contribution in [-0.4, -0.2) is 9.97 Å². The highest BCUT2D eigenvalue weighted by Gasteiger charge is 2.21. The molecule has 5 aromatic rings. The minimum Gasteiger partial charge on any atom is -0.256 e. The van der Waals surface area contributed by atoms with Gasteiger partial charge in [0.25, 0.3) is 0 Å². The standard InChI is InChI=1S/C35H35N2P/c1-27(23-29-13-5-3-6-14-29)32-20-19-31(25-33(32)28(2)24-30-15-7-4-8-16-30)26-38(34-17-9-11-21-36-34)35-18-10-12-22-37-35/h3-22,25,27-28H,23-24,26H2,1-2H3. The van der Waals surface area contributed by atoms with Crippen molar-refractivity contribution in [3.8, 4) is 0 Å². The monoisotopic (exact) mass is 514 g/mol. The van der Waals surface area contributed by atoms with Crippen molar-refractivity contribution >= 4 is 18.8 Å². The third kappa shape index (κ3) is 6.63. The van der Waals surface area contributed by atoms with Crippen LogP contribution in [0, 0.1) is 0 Å². The molecule has 0 saturated heterocycles. The molecule has 0 N–H and O–H groups in total. The van der Waals surface area contributed by atoms with Gasteiger partial charge in [0.05, 0.1) is 10.9 Å². The molecule has 2 unspecified atom stereocenters. The highest BCUT2D eigenvalue weighted by Crippen LogP contribution is 2.39. The van der Waals surface area contributed by atoms with Gasteiger partial charge in [0.1, 0.15) is 0 Å². The maximum Gasteiger partial charge on any atom is 0.0695 e. The summed E-state index contributed by atoms with van der Waals surface area (Å²) in [6, 6.07) is 41.4. The predicted octanol–water partition coefficient (Wildman–Crippen LogP) is 7.80. The van der Waals surface area contributed by atoms with E-state index in [0.29, 0.717) is 11.8 Å². The van der Waals surface area contributed by atoms with Crippen molar-refractivity contribution in [2.75, 3.05) is 0 Å². The van der Waals surface area contributed by atoms with Crippen molar-refractivity contribution in [1.82, 2.24) is 9.97 Å². The molecule has 0 spiro atoms. The highest BCUT2D eigenvalue weighted by molar-refractivity contribution is 7.71. The van der Waals surface area contributed by atoms with E-state index < -0.39 is 7.92 Å². The van der Waals surface area contributed by atoms with E-state index in [1.807, 2.05) is 24.5 Å². The Bertz CT molecular complexity index is 1370. The zero-order valence-electron chi connectivity index (χ0n) is 22.2. The van der Waals surface area contributed by atoms with Crippen LogP contribution in [0.1, 0.15) is 53.5 Å². The van der Waals surface area contributed by atoms with Crippen molar-refractivity contribution in [3.63, 3.8) is 0 Å². The summed E-state index contributed by atoms with van der Waals surface area (Å²) < 4.78 is 0. The van der Waals surface area contributed by atoms with Crippen LogP contribution in [0.25, 0.3) is 0 Å². The zero-order valence-corrected chi connectivity index (χ0v) is 23.1. The summed E-state index contributed by atoms with van der Waals surface area (Å²) in [5, 5.41) is 0. The largest absolute Gasteiger partial charge is 0.256 e. The average molecular weight is 515 g/mol. The van der Waals surface area contributed by atoms with E-state index >= 15 is 0 Å². The van der Waals surface area contributed by atoms with Crippen LogP contribution < -0.4 is 10.9 Å². The summed E-state index contributed by atoms with van der Waals surface area (Å²) in [6.45, 7) is 4.75. The fourth-order valence-corrected chi connectivity index (χ4v) is 7.31. The number of nitrogens with zero attached hydrogens (tertiary/aromatic N) is 2. The van der Waals surface area contributed by atoms with Crippen LogP contribution in [0.5, 0.6) is 0 Å². The van der Waals surface area contributed by atoms with Gasteiger partial charge in [-0.1, -0.05) is 105 Å². The maximum atomic E-state index is 4.75. The van der Waals surface area contributed by atoms with Gasteiger partial charge in [-0.05, 0) is 76.8 Å². The first-order valence-electron chi connectivity index (χ1n) is 13.5. The molecule has 2 heterocycles. The molecule has 0 fully saturated rings. The van der Waals surface area contributed by atoms with Gasteiger partial charge in [0, 0.05) is 26.5 Å². The van der Waals surface area contributed by atoms with E-state index in [2.05, 4.69) is 117 Å². The number of benzene rings is 3. The fraction of sp³-hybridized carbons (Fsp3) is 0.200. The molecule has 0 amide bonds. The van der Waals surface area contributed by atoms with Crippen LogP contribution in [0.15, 0.2) is 128 Å². The molecule has 0 aliphatic heterocycles. The first-order chi connectivity index (χ1) is 18.7. The molecular formula is C35H35N2P. The van der Waals surface area contributed by atoms with Gasteiger partial charge < -0.3 is 0 Å². The lowest BCUT2D eigenvalue weighted by atomic mass is 9.83. The molecule has 3 heteroatoms. The molecule has 2 nitrogen and oxygen atoms in total. The second-order valence-corrected chi connectivity index (χ2v) is 12.2. The summed E-state index contributed by atoms with van der Waals surface area (Å²) >= 11 is 0.